The quantitative estimate of drug-likeness (QED) is 0.645. The van der Waals surface area contributed by atoms with Crippen LogP contribution in [0.15, 0.2) is 12.1 Å². The Morgan fingerprint density at radius 2 is 1.80 bits per heavy atom. The van der Waals surface area contributed by atoms with Crippen molar-refractivity contribution in [1.82, 2.24) is 4.72 Å². The molecule has 0 heterocycles. The van der Waals surface area contributed by atoms with Gasteiger partial charge < -0.3 is 4.74 Å². The molecule has 168 valence electrons. The zero-order valence-corrected chi connectivity index (χ0v) is 17.6. The molecule has 10 heteroatoms. The van der Waals surface area contributed by atoms with Crippen molar-refractivity contribution < 1.29 is 35.5 Å². The maximum absolute atomic E-state index is 14.5. The van der Waals surface area contributed by atoms with E-state index in [1.807, 2.05) is 6.92 Å². The van der Waals surface area contributed by atoms with Crippen LogP contribution in [0.25, 0.3) is 0 Å². The smallest absolute Gasteiger partial charge is 0.391 e. The Balaban J connectivity index is 1.74. The van der Waals surface area contributed by atoms with Crippen LogP contribution >= 0.6 is 0 Å². The molecule has 0 atom stereocenters. The van der Waals surface area contributed by atoms with E-state index >= 15 is 0 Å². The molecule has 1 amide bonds. The van der Waals surface area contributed by atoms with Gasteiger partial charge in [0, 0.05) is 11.5 Å². The van der Waals surface area contributed by atoms with Crippen molar-refractivity contribution >= 4 is 15.9 Å². The van der Waals surface area contributed by atoms with Crippen molar-refractivity contribution in [3.05, 3.63) is 29.1 Å². The van der Waals surface area contributed by atoms with Gasteiger partial charge in [0.05, 0.1) is 24.3 Å². The van der Waals surface area contributed by atoms with Crippen LogP contribution in [0, 0.1) is 17.2 Å². The summed E-state index contributed by atoms with van der Waals surface area (Å²) in [5.74, 6) is -2.93. The van der Waals surface area contributed by atoms with Crippen molar-refractivity contribution in [2.45, 2.75) is 57.5 Å². The summed E-state index contributed by atoms with van der Waals surface area (Å²) in [5, 5.41) is 0. The van der Waals surface area contributed by atoms with Crippen LogP contribution in [0.1, 0.15) is 67.3 Å². The molecule has 0 aromatic heterocycles. The molecule has 1 aromatic carbocycles. The zero-order chi connectivity index (χ0) is 22.3. The number of carbonyl (C=O) groups excluding carboxylic acids is 1. The van der Waals surface area contributed by atoms with Crippen LogP contribution in [0.5, 0.6) is 5.75 Å². The minimum atomic E-state index is -4.19. The fraction of sp³-hybridized carbons (Fsp3) is 0.650. The maximum atomic E-state index is 14.5. The third kappa shape index (κ3) is 5.65. The van der Waals surface area contributed by atoms with E-state index in [9.17, 15) is 30.8 Å². The van der Waals surface area contributed by atoms with Gasteiger partial charge in [0.25, 0.3) is 5.91 Å². The lowest BCUT2D eigenvalue weighted by Crippen LogP contribution is -2.35. The number of rotatable bonds is 6. The van der Waals surface area contributed by atoms with Crippen LogP contribution in [0.3, 0.4) is 0 Å². The predicted molar refractivity (Wildman–Crippen MR) is 102 cm³/mol. The molecule has 0 bridgehead atoms. The van der Waals surface area contributed by atoms with Gasteiger partial charge in [-0.2, -0.15) is 13.2 Å². The van der Waals surface area contributed by atoms with Gasteiger partial charge in [-0.3, -0.25) is 4.79 Å². The third-order valence-corrected chi connectivity index (χ3v) is 6.43. The maximum Gasteiger partial charge on any atom is 0.391 e. The number of sulfonamides is 1. The van der Waals surface area contributed by atoms with Gasteiger partial charge in [-0.25, -0.2) is 17.5 Å². The normalized spacial score (nSPS) is 25.1. The molecule has 0 aliphatic heterocycles. The lowest BCUT2D eigenvalue weighted by Gasteiger charge is -2.37. The summed E-state index contributed by atoms with van der Waals surface area (Å²) >= 11 is 0. The summed E-state index contributed by atoms with van der Waals surface area (Å²) < 4.78 is 83.4. The van der Waals surface area contributed by atoms with Gasteiger partial charge in [0.1, 0.15) is 11.6 Å². The Labute approximate surface area is 173 Å². The van der Waals surface area contributed by atoms with Crippen molar-refractivity contribution in [2.75, 3.05) is 12.9 Å². The van der Waals surface area contributed by atoms with Gasteiger partial charge in [-0.05, 0) is 56.1 Å². The Kier molecular flexibility index (Phi) is 6.10. The van der Waals surface area contributed by atoms with Crippen LogP contribution in [0.2, 0.25) is 0 Å². The molecular weight excluding hydrogens is 426 g/mol. The van der Waals surface area contributed by atoms with E-state index in [4.69, 9.17) is 4.74 Å². The van der Waals surface area contributed by atoms with Crippen molar-refractivity contribution in [2.24, 2.45) is 11.3 Å². The number of hydrogen-bond acceptors (Lipinski definition) is 4. The standard InChI is InChI=1S/C20H25F4NO4S/c1-19(7-5-13(6-8-19)20(22,23)24)11-29-17-10-16(21)15(9-14(17)12-3-4-12)18(26)25-30(2,27)28/h9-10,12-13H,3-8,11H2,1-2H3,(H,25,26)/t13-,19+. The molecule has 2 saturated carbocycles. The summed E-state index contributed by atoms with van der Waals surface area (Å²) in [5.41, 5.74) is -0.222. The first-order valence-electron chi connectivity index (χ1n) is 9.82. The SMILES string of the molecule is CS(=O)(=O)NC(=O)c1cc(C2CC2)c(OC[C@]2(C)CC[C@H](C(F)(F)F)CC2)cc1F. The Morgan fingerprint density at radius 1 is 1.20 bits per heavy atom. The molecule has 1 aromatic rings. The van der Waals surface area contributed by atoms with E-state index < -0.39 is 39.3 Å². The van der Waals surface area contributed by atoms with E-state index in [-0.39, 0.29) is 36.7 Å². The summed E-state index contributed by atoms with van der Waals surface area (Å²) in [6, 6.07) is 2.38. The first-order valence-corrected chi connectivity index (χ1v) is 11.7. The average Bonchev–Trinajstić information content (AvgIpc) is 3.43. The highest BCUT2D eigenvalue weighted by atomic mass is 32.2. The zero-order valence-electron chi connectivity index (χ0n) is 16.8. The van der Waals surface area contributed by atoms with Crippen molar-refractivity contribution in [1.29, 1.82) is 0 Å². The van der Waals surface area contributed by atoms with E-state index in [2.05, 4.69) is 0 Å². The van der Waals surface area contributed by atoms with Crippen molar-refractivity contribution in [3.8, 4) is 5.75 Å². The minimum absolute atomic E-state index is 0.0395. The summed E-state index contributed by atoms with van der Waals surface area (Å²) in [6.45, 7) is 2.01. The Morgan fingerprint density at radius 3 is 2.30 bits per heavy atom. The Bertz CT molecular complexity index is 917. The molecule has 1 N–H and O–H groups in total. The van der Waals surface area contributed by atoms with Gasteiger partial charge >= 0.3 is 6.18 Å². The van der Waals surface area contributed by atoms with Crippen LogP contribution in [0.4, 0.5) is 17.6 Å². The second-order valence-electron chi connectivity index (χ2n) is 8.76. The molecule has 5 nitrogen and oxygen atoms in total. The molecular formula is C20H25F4NO4S. The second-order valence-corrected chi connectivity index (χ2v) is 10.5. The molecule has 2 aliphatic rings. The fourth-order valence-electron chi connectivity index (χ4n) is 3.85. The molecule has 30 heavy (non-hydrogen) atoms. The number of halogens is 4. The summed E-state index contributed by atoms with van der Waals surface area (Å²) in [7, 11) is -3.84. The predicted octanol–water partition coefficient (Wildman–Crippen LogP) is 4.53. The fourth-order valence-corrected chi connectivity index (χ4v) is 4.29. The molecule has 2 aliphatic carbocycles. The largest absolute Gasteiger partial charge is 0.493 e. The van der Waals surface area contributed by atoms with Crippen molar-refractivity contribution in [3.63, 3.8) is 0 Å². The highest BCUT2D eigenvalue weighted by Crippen LogP contribution is 2.47. The number of benzene rings is 1. The monoisotopic (exact) mass is 451 g/mol. The van der Waals surface area contributed by atoms with Crippen LogP contribution in [-0.4, -0.2) is 33.4 Å². The summed E-state index contributed by atoms with van der Waals surface area (Å²) in [4.78, 5) is 12.1. The molecule has 0 radical (unpaired) electrons. The molecule has 3 rings (SSSR count). The van der Waals surface area contributed by atoms with Crippen LogP contribution < -0.4 is 9.46 Å². The van der Waals surface area contributed by atoms with Gasteiger partial charge in [0.2, 0.25) is 10.0 Å². The van der Waals surface area contributed by atoms with E-state index in [1.54, 1.807) is 4.72 Å². The number of ether oxygens (including phenoxy) is 1. The van der Waals surface area contributed by atoms with Gasteiger partial charge in [-0.1, -0.05) is 6.92 Å². The molecule has 0 spiro atoms. The molecule has 2 fully saturated rings. The first-order chi connectivity index (χ1) is 13.8. The average molecular weight is 451 g/mol. The van der Waals surface area contributed by atoms with E-state index in [0.717, 1.165) is 25.2 Å². The number of alkyl halides is 3. The Hall–Kier alpha value is -1.84. The minimum Gasteiger partial charge on any atom is -0.493 e. The highest BCUT2D eigenvalue weighted by molar-refractivity contribution is 7.89. The highest BCUT2D eigenvalue weighted by Gasteiger charge is 2.44. The third-order valence-electron chi connectivity index (χ3n) is 5.87. The van der Waals surface area contributed by atoms with E-state index in [0.29, 0.717) is 18.4 Å². The molecule has 0 unspecified atom stereocenters. The lowest BCUT2D eigenvalue weighted by atomic mass is 9.72. The van der Waals surface area contributed by atoms with E-state index in [1.165, 1.54) is 6.07 Å². The molecule has 0 saturated heterocycles. The number of carbonyl (C=O) groups is 1. The lowest BCUT2D eigenvalue weighted by molar-refractivity contribution is -0.187. The summed E-state index contributed by atoms with van der Waals surface area (Å²) in [6.07, 6.45) is -0.932. The number of nitrogens with one attached hydrogen (secondary N) is 1. The van der Waals surface area contributed by atoms with Crippen LogP contribution in [-0.2, 0) is 10.0 Å². The van der Waals surface area contributed by atoms with Gasteiger partial charge in [0.15, 0.2) is 0 Å². The second kappa shape index (κ2) is 8.01. The first kappa shape index (κ1) is 22.8. The number of hydrogen-bond donors (Lipinski definition) is 1. The topological polar surface area (TPSA) is 72.5 Å². The number of amides is 1. The van der Waals surface area contributed by atoms with Gasteiger partial charge in [-0.15, -0.1) is 0 Å².